The third kappa shape index (κ3) is 2.85. The van der Waals surface area contributed by atoms with Gasteiger partial charge in [0.05, 0.1) is 18.9 Å². The molecule has 1 aromatic rings. The molecule has 1 saturated heterocycles. The number of rotatable bonds is 1. The van der Waals surface area contributed by atoms with E-state index in [-0.39, 0.29) is 11.0 Å². The van der Waals surface area contributed by atoms with Crippen molar-refractivity contribution in [2.24, 2.45) is 0 Å². The molecule has 0 aromatic carbocycles. The van der Waals surface area contributed by atoms with Gasteiger partial charge < -0.3 is 9.64 Å². The topological polar surface area (TPSA) is 58.2 Å². The number of aromatic nitrogens is 2. The summed E-state index contributed by atoms with van der Waals surface area (Å²) in [6.07, 6.45) is 0. The van der Waals surface area contributed by atoms with Crippen LogP contribution >= 0.6 is 22.6 Å². The van der Waals surface area contributed by atoms with E-state index in [0.717, 1.165) is 18.8 Å². The first-order valence-electron chi connectivity index (χ1n) is 6.02. The molecule has 0 aliphatic carbocycles. The largest absolute Gasteiger partial charge is 0.378 e. The lowest BCUT2D eigenvalue weighted by Crippen LogP contribution is -2.39. The van der Waals surface area contributed by atoms with E-state index in [1.54, 1.807) is 0 Å². The van der Waals surface area contributed by atoms with Crippen molar-refractivity contribution in [1.82, 2.24) is 9.97 Å². The van der Waals surface area contributed by atoms with Crippen LogP contribution in [0, 0.1) is 3.57 Å². The van der Waals surface area contributed by atoms with Gasteiger partial charge in [0, 0.05) is 18.5 Å². The van der Waals surface area contributed by atoms with Gasteiger partial charge in [0.15, 0.2) is 0 Å². The van der Waals surface area contributed by atoms with Crippen LogP contribution < -0.4 is 10.5 Å². The molecule has 0 spiro atoms. The van der Waals surface area contributed by atoms with Gasteiger partial charge in [0.1, 0.15) is 3.57 Å². The van der Waals surface area contributed by atoms with E-state index in [1.165, 1.54) is 0 Å². The van der Waals surface area contributed by atoms with Crippen LogP contribution in [0.2, 0.25) is 0 Å². The van der Waals surface area contributed by atoms with Gasteiger partial charge in [-0.1, -0.05) is 20.8 Å². The molecule has 0 saturated carbocycles. The van der Waals surface area contributed by atoms with Crippen LogP contribution in [0.4, 0.5) is 5.95 Å². The molecule has 1 aromatic heterocycles. The first-order valence-corrected chi connectivity index (χ1v) is 7.10. The van der Waals surface area contributed by atoms with E-state index in [0.29, 0.717) is 22.7 Å². The fourth-order valence-corrected chi connectivity index (χ4v) is 2.93. The number of ether oxygens (including phenoxy) is 1. The summed E-state index contributed by atoms with van der Waals surface area (Å²) in [6, 6.07) is 0. The van der Waals surface area contributed by atoms with Crippen molar-refractivity contribution >= 4 is 28.5 Å². The first kappa shape index (κ1) is 13.8. The summed E-state index contributed by atoms with van der Waals surface area (Å²) in [5.41, 5.74) is 0.664. The van der Waals surface area contributed by atoms with Crippen LogP contribution in [-0.2, 0) is 10.2 Å². The number of halogens is 1. The highest BCUT2D eigenvalue weighted by Gasteiger charge is 2.24. The Balaban J connectivity index is 2.44. The zero-order chi connectivity index (χ0) is 13.3. The number of nitrogens with one attached hydrogen (secondary N) is 1. The van der Waals surface area contributed by atoms with Crippen LogP contribution in [0.15, 0.2) is 4.79 Å². The maximum atomic E-state index is 12.0. The minimum Gasteiger partial charge on any atom is -0.378 e. The van der Waals surface area contributed by atoms with E-state index in [1.807, 2.05) is 0 Å². The summed E-state index contributed by atoms with van der Waals surface area (Å²) in [7, 11) is 0. The molecular weight excluding hydrogens is 345 g/mol. The number of nitrogens with zero attached hydrogens (tertiary/aromatic N) is 2. The molecule has 0 atom stereocenters. The highest BCUT2D eigenvalue weighted by molar-refractivity contribution is 14.1. The normalized spacial score (nSPS) is 17.0. The monoisotopic (exact) mass is 363 g/mol. The Labute approximate surface area is 120 Å². The molecule has 6 heteroatoms. The first-order chi connectivity index (χ1) is 8.39. The summed E-state index contributed by atoms with van der Waals surface area (Å²) in [5.74, 6) is 0.661. The van der Waals surface area contributed by atoms with Crippen LogP contribution in [0.5, 0.6) is 0 Å². The second-order valence-corrected chi connectivity index (χ2v) is 6.48. The minimum atomic E-state index is -0.133. The van der Waals surface area contributed by atoms with Gasteiger partial charge in [-0.3, -0.25) is 9.78 Å². The van der Waals surface area contributed by atoms with Gasteiger partial charge in [0.2, 0.25) is 5.95 Å². The Morgan fingerprint density at radius 3 is 2.50 bits per heavy atom. The summed E-state index contributed by atoms with van der Waals surface area (Å²) in [5, 5.41) is 0. The standard InChI is InChI=1S/C12H18IN3O2/c1-12(2,3)9-8(13)10(17)15-11(14-9)16-4-6-18-7-5-16/h4-7H2,1-3H3,(H,14,15,17). The Morgan fingerprint density at radius 2 is 1.94 bits per heavy atom. The fourth-order valence-electron chi connectivity index (χ4n) is 1.87. The van der Waals surface area contributed by atoms with Crippen molar-refractivity contribution in [2.45, 2.75) is 26.2 Å². The second-order valence-electron chi connectivity index (χ2n) is 5.40. The third-order valence-corrected chi connectivity index (χ3v) is 3.87. The lowest BCUT2D eigenvalue weighted by molar-refractivity contribution is 0.122. The van der Waals surface area contributed by atoms with Crippen molar-refractivity contribution in [2.75, 3.05) is 31.2 Å². The minimum absolute atomic E-state index is 0.0583. The third-order valence-electron chi connectivity index (χ3n) is 2.87. The molecule has 0 unspecified atom stereocenters. The molecule has 18 heavy (non-hydrogen) atoms. The summed E-state index contributed by atoms with van der Waals surface area (Å²) >= 11 is 2.07. The zero-order valence-corrected chi connectivity index (χ0v) is 13.1. The van der Waals surface area contributed by atoms with Crippen molar-refractivity contribution in [3.63, 3.8) is 0 Å². The van der Waals surface area contributed by atoms with E-state index >= 15 is 0 Å². The lowest BCUT2D eigenvalue weighted by Gasteiger charge is -2.29. The Bertz CT molecular complexity index is 487. The van der Waals surface area contributed by atoms with Gasteiger partial charge >= 0.3 is 0 Å². The van der Waals surface area contributed by atoms with Crippen LogP contribution in [0.1, 0.15) is 26.5 Å². The van der Waals surface area contributed by atoms with E-state index in [4.69, 9.17) is 4.74 Å². The molecule has 2 rings (SSSR count). The van der Waals surface area contributed by atoms with Crippen LogP contribution in [-0.4, -0.2) is 36.3 Å². The Hall–Kier alpha value is -0.630. The molecule has 0 amide bonds. The van der Waals surface area contributed by atoms with Gasteiger partial charge in [0.25, 0.3) is 5.56 Å². The van der Waals surface area contributed by atoms with Gasteiger partial charge in [-0.2, -0.15) is 0 Å². The van der Waals surface area contributed by atoms with Crippen molar-refractivity contribution in [3.8, 4) is 0 Å². The number of anilines is 1. The lowest BCUT2D eigenvalue weighted by atomic mass is 9.92. The molecular formula is C12H18IN3O2. The van der Waals surface area contributed by atoms with Crippen molar-refractivity contribution in [3.05, 3.63) is 19.6 Å². The molecule has 0 radical (unpaired) electrons. The summed E-state index contributed by atoms with van der Waals surface area (Å²) in [6.45, 7) is 9.11. The number of H-pyrrole nitrogens is 1. The van der Waals surface area contributed by atoms with E-state index < -0.39 is 0 Å². The zero-order valence-electron chi connectivity index (χ0n) is 10.9. The molecule has 2 heterocycles. The molecule has 1 fully saturated rings. The average molecular weight is 363 g/mol. The average Bonchev–Trinajstić information content (AvgIpc) is 2.32. The number of morpholine rings is 1. The highest BCUT2D eigenvalue weighted by Crippen LogP contribution is 2.24. The predicted molar refractivity (Wildman–Crippen MR) is 79.3 cm³/mol. The maximum Gasteiger partial charge on any atom is 0.266 e. The number of hydrogen-bond donors (Lipinski definition) is 1. The maximum absolute atomic E-state index is 12.0. The molecule has 1 N–H and O–H groups in total. The molecule has 1 aliphatic rings. The van der Waals surface area contributed by atoms with Crippen LogP contribution in [0.25, 0.3) is 0 Å². The fraction of sp³-hybridized carbons (Fsp3) is 0.667. The summed E-state index contributed by atoms with van der Waals surface area (Å²) < 4.78 is 5.99. The van der Waals surface area contributed by atoms with Gasteiger partial charge in [-0.25, -0.2) is 4.98 Å². The molecule has 5 nitrogen and oxygen atoms in total. The van der Waals surface area contributed by atoms with Crippen LogP contribution in [0.3, 0.4) is 0 Å². The number of aromatic amines is 1. The second kappa shape index (κ2) is 5.16. The quantitative estimate of drug-likeness (QED) is 0.769. The van der Waals surface area contributed by atoms with Crippen molar-refractivity contribution in [1.29, 1.82) is 0 Å². The Morgan fingerprint density at radius 1 is 1.33 bits per heavy atom. The molecule has 1 aliphatic heterocycles. The summed E-state index contributed by atoms with van der Waals surface area (Å²) in [4.78, 5) is 21.5. The van der Waals surface area contributed by atoms with Gasteiger partial charge in [-0.05, 0) is 22.6 Å². The SMILES string of the molecule is CC(C)(C)c1nc(N2CCOCC2)[nH]c(=O)c1I. The number of hydrogen-bond acceptors (Lipinski definition) is 4. The van der Waals surface area contributed by atoms with E-state index in [9.17, 15) is 4.79 Å². The van der Waals surface area contributed by atoms with Crippen molar-refractivity contribution < 1.29 is 4.74 Å². The smallest absolute Gasteiger partial charge is 0.266 e. The highest BCUT2D eigenvalue weighted by atomic mass is 127. The van der Waals surface area contributed by atoms with E-state index in [2.05, 4.69) is 58.2 Å². The molecule has 100 valence electrons. The molecule has 0 bridgehead atoms. The van der Waals surface area contributed by atoms with Gasteiger partial charge in [-0.15, -0.1) is 0 Å². The Kier molecular flexibility index (Phi) is 3.96. The predicted octanol–water partition coefficient (Wildman–Crippen LogP) is 1.51.